The van der Waals surface area contributed by atoms with Crippen LogP contribution in [0.15, 0.2) is 12.3 Å². The van der Waals surface area contributed by atoms with Crippen LogP contribution < -0.4 is 5.32 Å². The standard InChI is InChI=1S/C10H19NO2/c1-2-9(8-12)11-7-10-5-3-4-6-13-10/h4,6,9-12H,2-3,5,7-8H2,1H3. The molecule has 0 fully saturated rings. The molecular formula is C10H19NO2. The lowest BCUT2D eigenvalue weighted by molar-refractivity contribution is 0.114. The molecule has 1 heterocycles. The highest BCUT2D eigenvalue weighted by atomic mass is 16.5. The highest BCUT2D eigenvalue weighted by molar-refractivity contribution is 4.83. The van der Waals surface area contributed by atoms with E-state index in [1.807, 2.05) is 6.08 Å². The van der Waals surface area contributed by atoms with Gasteiger partial charge in [0.15, 0.2) is 0 Å². The van der Waals surface area contributed by atoms with E-state index in [9.17, 15) is 0 Å². The van der Waals surface area contributed by atoms with Gasteiger partial charge in [0.1, 0.15) is 6.10 Å². The van der Waals surface area contributed by atoms with Gasteiger partial charge in [-0.3, -0.25) is 0 Å². The maximum absolute atomic E-state index is 8.94. The summed E-state index contributed by atoms with van der Waals surface area (Å²) in [5.74, 6) is 0. The lowest BCUT2D eigenvalue weighted by Crippen LogP contribution is -2.38. The molecule has 1 aliphatic heterocycles. The van der Waals surface area contributed by atoms with Gasteiger partial charge in [0.2, 0.25) is 0 Å². The summed E-state index contributed by atoms with van der Waals surface area (Å²) in [7, 11) is 0. The molecule has 13 heavy (non-hydrogen) atoms. The maximum Gasteiger partial charge on any atom is 0.110 e. The second-order valence-corrected chi connectivity index (χ2v) is 3.40. The van der Waals surface area contributed by atoms with Gasteiger partial charge in [0, 0.05) is 12.6 Å². The first-order valence-corrected chi connectivity index (χ1v) is 5.01. The number of aliphatic hydroxyl groups is 1. The second-order valence-electron chi connectivity index (χ2n) is 3.40. The van der Waals surface area contributed by atoms with Gasteiger partial charge in [-0.15, -0.1) is 0 Å². The Morgan fingerprint density at radius 2 is 2.54 bits per heavy atom. The van der Waals surface area contributed by atoms with E-state index >= 15 is 0 Å². The molecule has 0 bridgehead atoms. The van der Waals surface area contributed by atoms with Crippen LogP contribution in [0.5, 0.6) is 0 Å². The van der Waals surface area contributed by atoms with Gasteiger partial charge in [0.05, 0.1) is 12.9 Å². The highest BCUT2D eigenvalue weighted by Gasteiger charge is 2.12. The van der Waals surface area contributed by atoms with Crippen molar-refractivity contribution in [2.75, 3.05) is 13.2 Å². The van der Waals surface area contributed by atoms with E-state index in [2.05, 4.69) is 12.2 Å². The van der Waals surface area contributed by atoms with Crippen LogP contribution in [-0.2, 0) is 4.74 Å². The van der Waals surface area contributed by atoms with Crippen molar-refractivity contribution in [1.29, 1.82) is 0 Å². The molecule has 0 saturated heterocycles. The minimum Gasteiger partial charge on any atom is -0.497 e. The molecule has 2 N–H and O–H groups in total. The van der Waals surface area contributed by atoms with Gasteiger partial charge in [-0.05, 0) is 25.3 Å². The molecule has 0 aromatic carbocycles. The minimum absolute atomic E-state index is 0.207. The lowest BCUT2D eigenvalue weighted by Gasteiger charge is -2.22. The highest BCUT2D eigenvalue weighted by Crippen LogP contribution is 2.09. The molecule has 0 saturated carbocycles. The predicted octanol–water partition coefficient (Wildman–Crippen LogP) is 1.04. The second kappa shape index (κ2) is 6.00. The third-order valence-electron chi connectivity index (χ3n) is 2.37. The molecule has 0 aromatic heterocycles. The smallest absolute Gasteiger partial charge is 0.110 e. The van der Waals surface area contributed by atoms with Crippen molar-refractivity contribution in [3.05, 3.63) is 12.3 Å². The summed E-state index contributed by atoms with van der Waals surface area (Å²) in [4.78, 5) is 0. The van der Waals surface area contributed by atoms with E-state index in [4.69, 9.17) is 9.84 Å². The number of allylic oxidation sites excluding steroid dienone is 1. The zero-order valence-corrected chi connectivity index (χ0v) is 8.20. The van der Waals surface area contributed by atoms with Gasteiger partial charge in [-0.1, -0.05) is 6.92 Å². The Hall–Kier alpha value is -0.540. The zero-order chi connectivity index (χ0) is 9.52. The normalized spacial score (nSPS) is 24.0. The molecule has 1 rings (SSSR count). The number of ether oxygens (including phenoxy) is 1. The molecule has 3 nitrogen and oxygen atoms in total. The molecule has 0 aliphatic carbocycles. The third-order valence-corrected chi connectivity index (χ3v) is 2.37. The molecule has 1 aliphatic rings. The van der Waals surface area contributed by atoms with E-state index < -0.39 is 0 Å². The Morgan fingerprint density at radius 3 is 3.08 bits per heavy atom. The van der Waals surface area contributed by atoms with E-state index in [-0.39, 0.29) is 18.8 Å². The average molecular weight is 185 g/mol. The van der Waals surface area contributed by atoms with E-state index in [0.29, 0.717) is 0 Å². The van der Waals surface area contributed by atoms with Crippen LogP contribution in [0.3, 0.4) is 0 Å². The average Bonchev–Trinajstić information content (AvgIpc) is 2.21. The third kappa shape index (κ3) is 3.79. The van der Waals surface area contributed by atoms with Crippen LogP contribution in [0.2, 0.25) is 0 Å². The van der Waals surface area contributed by atoms with Crippen molar-refractivity contribution in [3.63, 3.8) is 0 Å². The van der Waals surface area contributed by atoms with Gasteiger partial charge >= 0.3 is 0 Å². The first-order chi connectivity index (χ1) is 6.36. The first-order valence-electron chi connectivity index (χ1n) is 5.01. The molecule has 0 radical (unpaired) electrons. The van der Waals surface area contributed by atoms with E-state index in [0.717, 1.165) is 25.8 Å². The molecule has 0 aromatic rings. The van der Waals surface area contributed by atoms with Crippen LogP contribution in [0.25, 0.3) is 0 Å². The fourth-order valence-electron chi connectivity index (χ4n) is 1.37. The van der Waals surface area contributed by atoms with E-state index in [1.54, 1.807) is 6.26 Å². The van der Waals surface area contributed by atoms with Crippen molar-refractivity contribution in [3.8, 4) is 0 Å². The predicted molar refractivity (Wildman–Crippen MR) is 52.4 cm³/mol. The van der Waals surface area contributed by atoms with Crippen molar-refractivity contribution in [1.82, 2.24) is 5.32 Å². The number of hydrogen-bond acceptors (Lipinski definition) is 3. The van der Waals surface area contributed by atoms with Crippen LogP contribution in [0, 0.1) is 0 Å². The van der Waals surface area contributed by atoms with Crippen molar-refractivity contribution in [2.24, 2.45) is 0 Å². The Kier molecular flexibility index (Phi) is 4.86. The zero-order valence-electron chi connectivity index (χ0n) is 8.20. The van der Waals surface area contributed by atoms with Gasteiger partial charge in [-0.2, -0.15) is 0 Å². The molecule has 76 valence electrons. The Morgan fingerprint density at radius 1 is 1.69 bits per heavy atom. The molecule has 2 unspecified atom stereocenters. The summed E-state index contributed by atoms with van der Waals surface area (Å²) < 4.78 is 5.39. The fourth-order valence-corrected chi connectivity index (χ4v) is 1.37. The van der Waals surface area contributed by atoms with Crippen molar-refractivity contribution >= 4 is 0 Å². The largest absolute Gasteiger partial charge is 0.497 e. The van der Waals surface area contributed by atoms with Crippen molar-refractivity contribution < 1.29 is 9.84 Å². The molecule has 0 amide bonds. The van der Waals surface area contributed by atoms with Crippen LogP contribution in [0.1, 0.15) is 26.2 Å². The molecule has 0 spiro atoms. The lowest BCUT2D eigenvalue weighted by atomic mass is 10.1. The Balaban J connectivity index is 2.13. The number of nitrogens with one attached hydrogen (secondary N) is 1. The summed E-state index contributed by atoms with van der Waals surface area (Å²) >= 11 is 0. The van der Waals surface area contributed by atoms with Gasteiger partial charge < -0.3 is 15.2 Å². The SMILES string of the molecule is CCC(CO)NCC1CCC=CO1. The summed E-state index contributed by atoms with van der Waals surface area (Å²) in [6.45, 7) is 3.11. The van der Waals surface area contributed by atoms with E-state index in [1.165, 1.54) is 0 Å². The van der Waals surface area contributed by atoms with Gasteiger partial charge in [-0.25, -0.2) is 0 Å². The molecule has 2 atom stereocenters. The van der Waals surface area contributed by atoms with Crippen LogP contribution in [0.4, 0.5) is 0 Å². The van der Waals surface area contributed by atoms with Crippen molar-refractivity contribution in [2.45, 2.75) is 38.3 Å². The molecular weight excluding hydrogens is 166 g/mol. The summed E-state index contributed by atoms with van der Waals surface area (Å²) in [6, 6.07) is 0.217. The summed E-state index contributed by atoms with van der Waals surface area (Å²) in [6.07, 6.45) is 7.23. The number of aliphatic hydroxyl groups excluding tert-OH is 1. The number of hydrogen-bond donors (Lipinski definition) is 2. The Bertz CT molecular complexity index is 155. The summed E-state index contributed by atoms with van der Waals surface area (Å²) in [5, 5.41) is 12.2. The van der Waals surface area contributed by atoms with Crippen LogP contribution >= 0.6 is 0 Å². The molecule has 3 heteroatoms. The Labute approximate surface area is 79.8 Å². The maximum atomic E-state index is 8.94. The monoisotopic (exact) mass is 185 g/mol. The first kappa shape index (κ1) is 10.5. The minimum atomic E-state index is 0.207. The number of rotatable bonds is 5. The topological polar surface area (TPSA) is 41.5 Å². The summed E-state index contributed by atoms with van der Waals surface area (Å²) in [5.41, 5.74) is 0. The van der Waals surface area contributed by atoms with Crippen LogP contribution in [-0.4, -0.2) is 30.4 Å². The quantitative estimate of drug-likeness (QED) is 0.672. The van der Waals surface area contributed by atoms with Gasteiger partial charge in [0.25, 0.3) is 0 Å². The fraction of sp³-hybridized carbons (Fsp3) is 0.800.